The lowest BCUT2D eigenvalue weighted by atomic mass is 9.94. The van der Waals surface area contributed by atoms with E-state index in [0.29, 0.717) is 51.3 Å². The van der Waals surface area contributed by atoms with Gasteiger partial charge in [-0.1, -0.05) is 84.9 Å². The second-order valence-corrected chi connectivity index (χ2v) is 16.8. The molecule has 10 aromatic rings. The van der Waals surface area contributed by atoms with Crippen LogP contribution in [-0.2, 0) is 30.9 Å². The van der Waals surface area contributed by atoms with Gasteiger partial charge in [-0.15, -0.1) is 0 Å². The van der Waals surface area contributed by atoms with Gasteiger partial charge in [-0.2, -0.15) is 71.1 Å². The summed E-state index contributed by atoms with van der Waals surface area (Å²) in [5.41, 5.74) is -9.32. The molecule has 362 valence electrons. The van der Waals surface area contributed by atoms with E-state index in [2.05, 4.69) is 6.07 Å². The number of aromatic nitrogens is 2. The van der Waals surface area contributed by atoms with Crippen LogP contribution in [0.3, 0.4) is 0 Å². The molecule has 0 radical (unpaired) electrons. The maximum Gasteiger partial charge on any atom is 0.417 e. The predicted octanol–water partition coefficient (Wildman–Crippen LogP) is 17.8. The van der Waals surface area contributed by atoms with Gasteiger partial charge in [-0.3, -0.25) is 0 Å². The van der Waals surface area contributed by atoms with E-state index in [-0.39, 0.29) is 62.3 Å². The normalized spacial score (nSPS) is 12.9. The molecule has 0 saturated carbocycles. The van der Waals surface area contributed by atoms with Gasteiger partial charge in [0.05, 0.1) is 61.3 Å². The summed E-state index contributed by atoms with van der Waals surface area (Å²) < 4.78 is 217. The van der Waals surface area contributed by atoms with Gasteiger partial charge in [-0.05, 0) is 101 Å². The number of hydrogen-bond donors (Lipinski definition) is 0. The van der Waals surface area contributed by atoms with E-state index in [0.717, 1.165) is 18.2 Å². The number of para-hydroxylation sites is 2. The van der Waals surface area contributed by atoms with Gasteiger partial charge in [0.25, 0.3) is 0 Å². The number of fused-ring (bicyclic) bond motifs is 6. The molecule has 18 heteroatoms. The smallest absolute Gasteiger partial charge is 0.308 e. The van der Waals surface area contributed by atoms with Crippen molar-refractivity contribution < 1.29 is 65.9 Å². The topological polar surface area (TPSA) is 33.6 Å². The van der Waals surface area contributed by atoms with Gasteiger partial charge in [-0.25, -0.2) is 0 Å². The molecule has 0 aliphatic heterocycles. The van der Waals surface area contributed by atoms with Crippen LogP contribution in [-0.4, -0.2) is 9.13 Å². The summed E-state index contributed by atoms with van der Waals surface area (Å²) in [5.74, 6) is 0. The Morgan fingerprint density at radius 3 is 1.18 bits per heavy atom. The summed E-state index contributed by atoms with van der Waals surface area (Å²) in [6.07, 6.45) is -25.8. The van der Waals surface area contributed by atoms with Crippen molar-refractivity contribution in [3.8, 4) is 50.8 Å². The Hall–Kier alpha value is -8.20. The van der Waals surface area contributed by atoms with Crippen LogP contribution in [0.4, 0.5) is 65.9 Å². The predicted molar refractivity (Wildman–Crippen MR) is 241 cm³/mol. The van der Waals surface area contributed by atoms with Gasteiger partial charge in [0.2, 0.25) is 0 Å². The van der Waals surface area contributed by atoms with E-state index >= 15 is 13.2 Å². The van der Waals surface area contributed by atoms with Crippen molar-refractivity contribution in [2.45, 2.75) is 30.9 Å². The molecule has 0 atom stereocenters. The fourth-order valence-electron chi connectivity index (χ4n) is 9.34. The first-order chi connectivity index (χ1) is 33.8. The van der Waals surface area contributed by atoms with E-state index in [1.165, 1.54) is 63.7 Å². The fraction of sp³-hybridized carbons (Fsp3) is 0.0926. The van der Waals surface area contributed by atoms with Crippen molar-refractivity contribution in [2.24, 2.45) is 0 Å². The van der Waals surface area contributed by atoms with E-state index in [4.69, 9.17) is 0 Å². The van der Waals surface area contributed by atoms with Crippen LogP contribution in [0.1, 0.15) is 33.4 Å². The molecule has 0 N–H and O–H groups in total. The first-order valence-electron chi connectivity index (χ1n) is 21.2. The molecule has 2 aromatic heterocycles. The number of halogens is 15. The lowest BCUT2D eigenvalue weighted by molar-refractivity contribution is -0.144. The van der Waals surface area contributed by atoms with E-state index in [1.54, 1.807) is 48.5 Å². The largest absolute Gasteiger partial charge is 0.417 e. The number of rotatable bonds is 5. The Kier molecular flexibility index (Phi) is 10.8. The monoisotopic (exact) mass is 1000 g/mol. The molecular weight excluding hydrogens is 976 g/mol. The van der Waals surface area contributed by atoms with Crippen LogP contribution in [0, 0.1) is 11.3 Å². The lowest BCUT2D eigenvalue weighted by Gasteiger charge is -2.22. The molecule has 2 heterocycles. The van der Waals surface area contributed by atoms with Gasteiger partial charge < -0.3 is 9.13 Å². The Morgan fingerprint density at radius 2 is 0.736 bits per heavy atom. The van der Waals surface area contributed by atoms with Crippen molar-refractivity contribution in [3.63, 3.8) is 0 Å². The SMILES string of the molecule is N#Cc1c(-n2c3ccccc3c3ccc(-c4cc(C(F)(F)F)cc(C(F)(F)F)c4)cc32)ccc(-c2ccccc2C(F)(F)F)c1-n1c2ccccc2c2ccc(-c3cc(C(F)(F)F)cc(C(F)(F)F)c3)cc21. The summed E-state index contributed by atoms with van der Waals surface area (Å²) in [6.45, 7) is 0. The van der Waals surface area contributed by atoms with Crippen LogP contribution in [0.25, 0.3) is 88.4 Å². The van der Waals surface area contributed by atoms with Crippen LogP contribution < -0.4 is 0 Å². The van der Waals surface area contributed by atoms with E-state index in [9.17, 15) is 57.9 Å². The van der Waals surface area contributed by atoms with Crippen LogP contribution in [0.2, 0.25) is 0 Å². The van der Waals surface area contributed by atoms with Crippen LogP contribution in [0.5, 0.6) is 0 Å². The maximum absolute atomic E-state index is 15.0. The summed E-state index contributed by atoms with van der Waals surface area (Å²) >= 11 is 0. The highest BCUT2D eigenvalue weighted by Gasteiger charge is 2.39. The quantitative estimate of drug-likeness (QED) is 0.158. The zero-order chi connectivity index (χ0) is 51.4. The average molecular weight is 1000 g/mol. The third-order valence-electron chi connectivity index (χ3n) is 12.4. The highest BCUT2D eigenvalue weighted by atomic mass is 19.4. The first-order valence-corrected chi connectivity index (χ1v) is 21.2. The molecule has 0 amide bonds. The Balaban J connectivity index is 1.33. The first kappa shape index (κ1) is 47.5. The molecule has 8 aromatic carbocycles. The highest BCUT2D eigenvalue weighted by molar-refractivity contribution is 6.13. The highest BCUT2D eigenvalue weighted by Crippen LogP contribution is 2.47. The third-order valence-corrected chi connectivity index (χ3v) is 12.4. The number of nitrogens with zero attached hydrogens (tertiary/aromatic N) is 3. The van der Waals surface area contributed by atoms with Crippen molar-refractivity contribution in [1.82, 2.24) is 9.13 Å². The second-order valence-electron chi connectivity index (χ2n) is 16.8. The fourth-order valence-corrected chi connectivity index (χ4v) is 9.34. The minimum Gasteiger partial charge on any atom is -0.308 e. The van der Waals surface area contributed by atoms with Crippen molar-refractivity contribution in [3.05, 3.63) is 191 Å². The van der Waals surface area contributed by atoms with Crippen molar-refractivity contribution in [1.29, 1.82) is 5.26 Å². The molecule has 0 spiro atoms. The molecule has 0 unspecified atom stereocenters. The van der Waals surface area contributed by atoms with Crippen LogP contribution in [0.15, 0.2) is 158 Å². The molecule has 0 fully saturated rings. The second kappa shape index (κ2) is 16.4. The number of nitriles is 1. The summed E-state index contributed by atoms with van der Waals surface area (Å²) in [4.78, 5) is 0. The van der Waals surface area contributed by atoms with E-state index < -0.39 is 75.4 Å². The molecule has 10 rings (SSSR count). The van der Waals surface area contributed by atoms with Crippen molar-refractivity contribution >= 4 is 43.6 Å². The molecular formula is C54H26F15N3. The maximum atomic E-state index is 15.0. The number of benzene rings is 8. The Morgan fingerprint density at radius 1 is 0.333 bits per heavy atom. The molecule has 0 saturated heterocycles. The van der Waals surface area contributed by atoms with Crippen molar-refractivity contribution in [2.75, 3.05) is 0 Å². The minimum atomic E-state index is -5.22. The molecule has 3 nitrogen and oxygen atoms in total. The van der Waals surface area contributed by atoms with Gasteiger partial charge in [0.15, 0.2) is 0 Å². The molecule has 72 heavy (non-hydrogen) atoms. The lowest BCUT2D eigenvalue weighted by Crippen LogP contribution is -2.11. The van der Waals surface area contributed by atoms with Crippen LogP contribution >= 0.6 is 0 Å². The van der Waals surface area contributed by atoms with Gasteiger partial charge >= 0.3 is 30.9 Å². The summed E-state index contributed by atoms with van der Waals surface area (Å²) in [6, 6.07) is 32.2. The zero-order valence-electron chi connectivity index (χ0n) is 36.0. The number of alkyl halides is 15. The van der Waals surface area contributed by atoms with Gasteiger partial charge in [0.1, 0.15) is 11.6 Å². The summed E-state index contributed by atoms with van der Waals surface area (Å²) in [7, 11) is 0. The standard InChI is InChI=1S/C54H26F15N3/c55-50(56,57)32-19-30(20-33(25-32)51(58,59)60)28-13-15-39-37-8-2-5-11-44(37)71(47(39)23-28)46-18-17-41(36-7-1-4-10-43(36)54(67,68)69)49(42(46)27-70)72-45-12-6-3-9-38(45)40-16-14-29(24-48(40)72)31-21-34(52(61,62)63)26-35(22-31)53(64,65)66/h1-26H. The molecule has 0 bridgehead atoms. The number of hydrogen-bond acceptors (Lipinski definition) is 1. The Bertz CT molecular complexity index is 3810. The molecule has 0 aliphatic rings. The third kappa shape index (κ3) is 8.11. The minimum absolute atomic E-state index is 0.0186. The average Bonchev–Trinajstić information content (AvgIpc) is 3.83. The summed E-state index contributed by atoms with van der Waals surface area (Å²) in [5, 5.41) is 13.1. The zero-order valence-corrected chi connectivity index (χ0v) is 36.0. The van der Waals surface area contributed by atoms with Gasteiger partial charge in [0, 0.05) is 27.1 Å². The molecule has 0 aliphatic carbocycles. The Labute approximate surface area is 395 Å². The van der Waals surface area contributed by atoms with E-state index in [1.807, 2.05) is 0 Å².